The Balaban J connectivity index is 0.00000275. The van der Waals surface area contributed by atoms with Gasteiger partial charge in [0, 0.05) is 44.3 Å². The van der Waals surface area contributed by atoms with Crippen molar-refractivity contribution < 1.29 is 130 Å². The summed E-state index contributed by atoms with van der Waals surface area (Å²) in [6.07, 6.45) is 2.40. The minimum Gasteiger partial charge on any atom is -1.00 e. The molecule has 4 aromatic carbocycles. The Morgan fingerprint density at radius 1 is 0.225 bits per heavy atom. The predicted octanol–water partition coefficient (Wildman–Crippen LogP) is 8.11. The molecule has 71 heavy (non-hydrogen) atoms. The molecular formula is C44H10Cl2F20MnN4. The van der Waals surface area contributed by atoms with Gasteiger partial charge >= 0.3 is 17.1 Å². The number of fused-ring (bicyclic) bond motifs is 8. The van der Waals surface area contributed by atoms with Crippen molar-refractivity contribution in [2.24, 2.45) is 0 Å². The van der Waals surface area contributed by atoms with Crippen LogP contribution in [0, 0.1) is 116 Å². The number of H-pyrrole nitrogens is 2. The standard InChI is InChI=1S/C44H10F20N4.2ClH.Mn/c45-25-21(26(46)34(54)41(61)33(25)53)17-9-1-2-10(65-9)18(22-27(47)35(55)42(62)36(56)28(22)48)12-5-6-14(67-12)20(24-31(51)39(59)44(64)40(60)32(24)52)16-8-7-15(68-16)19(13-4-3-11(17)66-13)23-29(49)37(57)43(63)38(58)30(23)50;;;/h1-8,65,68H;2*1H;/q;;;+2/p-2. The van der Waals surface area contributed by atoms with Gasteiger partial charge in [0.15, 0.2) is 93.1 Å². The van der Waals surface area contributed by atoms with Crippen LogP contribution in [0.3, 0.4) is 0 Å². The fraction of sp³-hybridized carbons (Fsp3) is 0. The summed E-state index contributed by atoms with van der Waals surface area (Å²) in [6, 6.07) is 2.51. The molecule has 0 unspecified atom stereocenters. The van der Waals surface area contributed by atoms with E-state index < -0.39 is 206 Å². The van der Waals surface area contributed by atoms with Gasteiger partial charge in [-0.05, 0) is 48.6 Å². The summed E-state index contributed by atoms with van der Waals surface area (Å²) in [6.45, 7) is 0. The third-order valence-electron chi connectivity index (χ3n) is 10.6. The van der Waals surface area contributed by atoms with Gasteiger partial charge in [0.05, 0.1) is 45.0 Å². The quantitative estimate of drug-likeness (QED) is 0.0811. The molecule has 27 heteroatoms. The topological polar surface area (TPSA) is 57.4 Å². The molecule has 0 fully saturated rings. The molecule has 0 amide bonds. The molecule has 0 aliphatic carbocycles. The molecule has 2 N–H and O–H groups in total. The summed E-state index contributed by atoms with van der Waals surface area (Å²) in [4.78, 5) is 12.3. The minimum absolute atomic E-state index is 0. The third kappa shape index (κ3) is 7.88. The number of aromatic nitrogens is 4. The van der Waals surface area contributed by atoms with E-state index in [1.54, 1.807) is 0 Å². The number of hydrogen-bond acceptors (Lipinski definition) is 2. The van der Waals surface area contributed by atoms with Crippen molar-refractivity contribution in [3.8, 4) is 44.5 Å². The summed E-state index contributed by atoms with van der Waals surface area (Å²) in [7, 11) is 0. The maximum Gasteiger partial charge on any atom is 2.00 e. The Hall–Kier alpha value is -6.82. The van der Waals surface area contributed by atoms with E-state index in [2.05, 4.69) is 19.9 Å². The molecule has 8 bridgehead atoms. The smallest absolute Gasteiger partial charge is 1.00 e. The van der Waals surface area contributed by atoms with Crippen LogP contribution in [0.1, 0.15) is 22.8 Å². The van der Waals surface area contributed by atoms with E-state index >= 15 is 35.1 Å². The maximum atomic E-state index is 15.8. The van der Waals surface area contributed by atoms with Crippen molar-refractivity contribution in [1.82, 2.24) is 19.9 Å². The number of aromatic amines is 2. The van der Waals surface area contributed by atoms with Crippen LogP contribution in [-0.2, 0) is 17.1 Å². The van der Waals surface area contributed by atoms with Gasteiger partial charge < -0.3 is 34.8 Å². The summed E-state index contributed by atoms with van der Waals surface area (Å²) < 4.78 is 303. The van der Waals surface area contributed by atoms with Gasteiger partial charge in [-0.3, -0.25) is 0 Å². The van der Waals surface area contributed by atoms with E-state index in [9.17, 15) is 52.7 Å². The number of benzene rings is 4. The number of halogens is 22. The van der Waals surface area contributed by atoms with Crippen molar-refractivity contribution in [2.45, 2.75) is 0 Å². The molecule has 3 aromatic heterocycles. The zero-order valence-corrected chi connectivity index (χ0v) is 35.9. The normalized spacial score (nSPS) is 11.8. The second kappa shape index (κ2) is 19.1. The molecule has 0 spiro atoms. The van der Waals surface area contributed by atoms with Crippen LogP contribution in [-0.4, -0.2) is 19.9 Å². The zero-order chi connectivity index (χ0) is 49.3. The first-order valence-corrected chi connectivity index (χ1v) is 18.3. The first kappa shape index (κ1) is 53.5. The van der Waals surface area contributed by atoms with E-state index in [-0.39, 0.29) is 41.9 Å². The molecule has 2 aliphatic heterocycles. The van der Waals surface area contributed by atoms with Crippen LogP contribution in [0.15, 0.2) is 24.3 Å². The van der Waals surface area contributed by atoms with E-state index in [4.69, 9.17) is 0 Å². The van der Waals surface area contributed by atoms with Gasteiger partial charge in [0.1, 0.15) is 0 Å². The average Bonchev–Trinajstić information content (AvgIpc) is 4.18. The summed E-state index contributed by atoms with van der Waals surface area (Å²) >= 11 is 0. The first-order valence-electron chi connectivity index (χ1n) is 18.3. The molecule has 0 saturated carbocycles. The van der Waals surface area contributed by atoms with Gasteiger partial charge in [-0.15, -0.1) is 0 Å². The van der Waals surface area contributed by atoms with Gasteiger partial charge in [0.2, 0.25) is 23.3 Å². The van der Waals surface area contributed by atoms with E-state index in [1.807, 2.05) is 0 Å². The molecule has 367 valence electrons. The van der Waals surface area contributed by atoms with Crippen molar-refractivity contribution in [2.75, 3.05) is 0 Å². The minimum atomic E-state index is -2.72. The number of rotatable bonds is 4. The van der Waals surface area contributed by atoms with Gasteiger partial charge in [-0.2, -0.15) is 0 Å². The Labute approximate surface area is 402 Å². The van der Waals surface area contributed by atoms with Crippen LogP contribution in [0.4, 0.5) is 87.8 Å². The fourth-order valence-electron chi connectivity index (χ4n) is 7.56. The summed E-state index contributed by atoms with van der Waals surface area (Å²) in [5.74, 6) is -52.6. The molecule has 0 atom stereocenters. The van der Waals surface area contributed by atoms with Crippen molar-refractivity contribution in [3.05, 3.63) is 163 Å². The second-order valence-electron chi connectivity index (χ2n) is 14.3. The molecule has 2 aliphatic rings. The molecule has 0 saturated heterocycles. The second-order valence-corrected chi connectivity index (χ2v) is 14.3. The van der Waals surface area contributed by atoms with Crippen LogP contribution in [0.2, 0.25) is 0 Å². The maximum absolute atomic E-state index is 15.8. The van der Waals surface area contributed by atoms with Crippen LogP contribution in [0.25, 0.3) is 90.9 Å². The van der Waals surface area contributed by atoms with Crippen LogP contribution < -0.4 is 24.8 Å². The number of nitrogens with one attached hydrogen (secondary N) is 2. The van der Waals surface area contributed by atoms with Crippen LogP contribution >= 0.6 is 0 Å². The molecular weight excluding hydrogens is 1090 g/mol. The number of nitrogens with zero attached hydrogens (tertiary/aromatic N) is 2. The molecule has 1 radical (unpaired) electrons. The van der Waals surface area contributed by atoms with E-state index in [0.29, 0.717) is 48.6 Å². The van der Waals surface area contributed by atoms with E-state index in [0.717, 1.165) is 0 Å². The summed E-state index contributed by atoms with van der Waals surface area (Å²) in [5.41, 5.74) is -20.5. The average molecular weight is 1100 g/mol. The Morgan fingerprint density at radius 3 is 0.521 bits per heavy atom. The van der Waals surface area contributed by atoms with Gasteiger partial charge in [0.25, 0.3) is 0 Å². The molecule has 7 aromatic rings. The largest absolute Gasteiger partial charge is 2.00 e. The number of hydrogen-bond donors (Lipinski definition) is 2. The zero-order valence-electron chi connectivity index (χ0n) is 33.2. The van der Waals surface area contributed by atoms with Gasteiger partial charge in [-0.1, -0.05) is 0 Å². The van der Waals surface area contributed by atoms with Crippen molar-refractivity contribution in [3.63, 3.8) is 0 Å². The molecule has 4 nitrogen and oxygen atoms in total. The fourth-order valence-corrected chi connectivity index (χ4v) is 7.56. The monoisotopic (exact) mass is 1100 g/mol. The van der Waals surface area contributed by atoms with Crippen molar-refractivity contribution in [1.29, 1.82) is 0 Å². The first-order chi connectivity index (χ1) is 32.1. The SMILES string of the molecule is Fc1c(F)c(F)c(-c2c3nc(c(-c4c(F)c(F)c(F)c(F)c4F)c4ccc([nH]4)c(-c4c(F)c(F)c(F)c(F)c4F)c4nc(c(-c5c(F)c(F)c(F)c(F)c5F)c5ccc2[nH]5)C=C4)C=C3)c(F)c1F.[Cl-].[Cl-].[Mn+2]. The van der Waals surface area contributed by atoms with Crippen molar-refractivity contribution >= 4 is 46.4 Å². The van der Waals surface area contributed by atoms with Gasteiger partial charge in [-0.25, -0.2) is 97.8 Å². The molecule has 9 rings (SSSR count). The third-order valence-corrected chi connectivity index (χ3v) is 10.6. The Morgan fingerprint density at radius 2 is 0.366 bits per heavy atom. The Bertz CT molecular complexity index is 3140. The molecule has 5 heterocycles. The Kier molecular flexibility index (Phi) is 14.4. The van der Waals surface area contributed by atoms with E-state index in [1.165, 1.54) is 0 Å². The predicted molar refractivity (Wildman–Crippen MR) is 200 cm³/mol. The summed E-state index contributed by atoms with van der Waals surface area (Å²) in [5, 5.41) is 0. The van der Waals surface area contributed by atoms with Crippen LogP contribution in [0.5, 0.6) is 0 Å².